The van der Waals surface area contributed by atoms with E-state index in [0.717, 1.165) is 37.4 Å². The molecule has 0 radical (unpaired) electrons. The molecule has 0 bridgehead atoms. The molecule has 0 spiro atoms. The molecule has 1 amide bonds. The Balaban J connectivity index is 1.36. The maximum absolute atomic E-state index is 11.3. The number of nitrogens with zero attached hydrogens (tertiary/aromatic N) is 1. The van der Waals surface area contributed by atoms with E-state index in [1.807, 2.05) is 30.3 Å². The van der Waals surface area contributed by atoms with E-state index in [9.17, 15) is 4.79 Å². The van der Waals surface area contributed by atoms with Crippen LogP contribution < -0.4 is 10.2 Å². The number of aryl methyl sites for hydroxylation is 1. The van der Waals surface area contributed by atoms with Crippen molar-refractivity contribution in [1.29, 1.82) is 0 Å². The Labute approximate surface area is 224 Å². The summed E-state index contributed by atoms with van der Waals surface area (Å²) >= 11 is 0. The second-order valence-corrected chi connectivity index (χ2v) is 9.26. The third kappa shape index (κ3) is 8.47. The van der Waals surface area contributed by atoms with Crippen LogP contribution >= 0.6 is 0 Å². The molecule has 0 saturated heterocycles. The maximum atomic E-state index is 11.3. The first-order valence-corrected chi connectivity index (χ1v) is 12.9. The van der Waals surface area contributed by atoms with Crippen molar-refractivity contribution in [2.75, 3.05) is 13.2 Å². The average Bonchev–Trinajstić information content (AvgIpc) is 3.40. The van der Waals surface area contributed by atoms with Crippen LogP contribution in [0.4, 0.5) is 0 Å². The van der Waals surface area contributed by atoms with Crippen LogP contribution in [0.25, 0.3) is 17.2 Å². The quantitative estimate of drug-likeness (QED) is 0.0913. The van der Waals surface area contributed by atoms with Crippen molar-refractivity contribution >= 4 is 12.0 Å². The Hall–Kier alpha value is -4.13. The Morgan fingerprint density at radius 3 is 2.37 bits per heavy atom. The number of benzene rings is 3. The number of furan rings is 1. The maximum Gasteiger partial charge on any atom is 0.267 e. The van der Waals surface area contributed by atoms with Gasteiger partial charge in [0, 0.05) is 12.6 Å². The summed E-state index contributed by atoms with van der Waals surface area (Å²) in [6.45, 7) is 5.05. The van der Waals surface area contributed by atoms with Gasteiger partial charge in [0.2, 0.25) is 0 Å². The smallest absolute Gasteiger partial charge is 0.267 e. The van der Waals surface area contributed by atoms with Crippen LogP contribution in [0.15, 0.2) is 101 Å². The lowest BCUT2D eigenvalue weighted by Crippen LogP contribution is -2.24. The van der Waals surface area contributed by atoms with Crippen LogP contribution in [0.2, 0.25) is 0 Å². The van der Waals surface area contributed by atoms with E-state index in [2.05, 4.69) is 72.5 Å². The summed E-state index contributed by atoms with van der Waals surface area (Å²) in [4.78, 5) is 13.6. The number of hydroxylamine groups is 1. The number of ether oxygens (including phenoxy) is 1. The minimum absolute atomic E-state index is 0.558. The van der Waals surface area contributed by atoms with E-state index < -0.39 is 5.91 Å². The van der Waals surface area contributed by atoms with E-state index in [0.29, 0.717) is 18.9 Å². The molecule has 6 nitrogen and oxygen atoms in total. The van der Waals surface area contributed by atoms with Crippen LogP contribution in [0.1, 0.15) is 35.5 Å². The van der Waals surface area contributed by atoms with Crippen molar-refractivity contribution in [3.05, 3.63) is 120 Å². The number of amides is 1. The number of hydrogen-bond acceptors (Lipinski definition) is 5. The highest BCUT2D eigenvalue weighted by molar-refractivity contribution is 5.90. The molecule has 0 aliphatic rings. The van der Waals surface area contributed by atoms with Crippen LogP contribution in [-0.2, 0) is 17.9 Å². The van der Waals surface area contributed by atoms with Crippen molar-refractivity contribution in [2.24, 2.45) is 0 Å². The highest BCUT2D eigenvalue weighted by atomic mass is 16.5. The third-order valence-electron chi connectivity index (χ3n) is 6.20. The summed E-state index contributed by atoms with van der Waals surface area (Å²) in [6, 6.07) is 30.9. The molecule has 196 valence electrons. The first-order valence-electron chi connectivity index (χ1n) is 12.9. The predicted octanol–water partition coefficient (Wildman–Crippen LogP) is 6.64. The van der Waals surface area contributed by atoms with Crippen molar-refractivity contribution in [3.63, 3.8) is 0 Å². The lowest BCUT2D eigenvalue weighted by Gasteiger charge is -2.21. The second-order valence-electron chi connectivity index (χ2n) is 9.26. The molecule has 0 aliphatic carbocycles. The topological polar surface area (TPSA) is 74.9 Å². The molecule has 0 atom stereocenters. The number of unbranched alkanes of at least 4 members (excludes halogenated alkanes) is 1. The van der Waals surface area contributed by atoms with Crippen LogP contribution in [0, 0.1) is 6.92 Å². The lowest BCUT2D eigenvalue weighted by molar-refractivity contribution is -0.124. The molecule has 0 fully saturated rings. The van der Waals surface area contributed by atoms with Crippen LogP contribution in [-0.4, -0.2) is 29.2 Å². The molecule has 0 unspecified atom stereocenters. The normalized spacial score (nSPS) is 11.2. The van der Waals surface area contributed by atoms with Gasteiger partial charge < -0.3 is 9.15 Å². The van der Waals surface area contributed by atoms with E-state index in [1.54, 1.807) is 5.48 Å². The van der Waals surface area contributed by atoms with Gasteiger partial charge in [0.1, 0.15) is 17.3 Å². The van der Waals surface area contributed by atoms with Gasteiger partial charge in [0.05, 0.1) is 13.2 Å². The third-order valence-corrected chi connectivity index (χ3v) is 6.20. The fraction of sp³-hybridized carbons (Fsp3) is 0.219. The van der Waals surface area contributed by atoms with Crippen molar-refractivity contribution < 1.29 is 19.2 Å². The Morgan fingerprint density at radius 2 is 1.63 bits per heavy atom. The average molecular weight is 511 g/mol. The number of carbonyl (C=O) groups is 1. The summed E-state index contributed by atoms with van der Waals surface area (Å²) in [7, 11) is 0. The van der Waals surface area contributed by atoms with Gasteiger partial charge in [0.15, 0.2) is 0 Å². The van der Waals surface area contributed by atoms with Gasteiger partial charge in [-0.05, 0) is 73.3 Å². The first kappa shape index (κ1) is 26.9. The number of hydrogen-bond donors (Lipinski definition) is 2. The highest BCUT2D eigenvalue weighted by Gasteiger charge is 2.11. The van der Waals surface area contributed by atoms with Crippen LogP contribution in [0.5, 0.6) is 5.75 Å². The SMILES string of the molecule is Cc1ccc(OCCCCN(Cc2ccc(-c3ccccc3)cc2)Cc2ccc(/C=C/C(=O)NO)o2)cc1. The van der Waals surface area contributed by atoms with Gasteiger partial charge in [-0.25, -0.2) is 5.48 Å². The minimum Gasteiger partial charge on any atom is -0.494 e. The van der Waals surface area contributed by atoms with Gasteiger partial charge in [-0.2, -0.15) is 0 Å². The molecule has 1 aromatic heterocycles. The predicted molar refractivity (Wildman–Crippen MR) is 150 cm³/mol. The van der Waals surface area contributed by atoms with Gasteiger partial charge in [-0.3, -0.25) is 14.9 Å². The molecule has 0 saturated carbocycles. The first-order chi connectivity index (χ1) is 18.6. The van der Waals surface area contributed by atoms with Gasteiger partial charge in [-0.1, -0.05) is 72.3 Å². The summed E-state index contributed by atoms with van der Waals surface area (Å²) in [6.07, 6.45) is 4.69. The standard InChI is InChI=1S/C32H34N2O4/c1-25-9-15-29(16-10-25)37-22-6-5-21-34(24-31-18-17-30(38-31)19-20-32(35)33-36)23-26-11-13-28(14-12-26)27-7-3-2-4-8-27/h2-4,7-20,36H,5-6,21-24H2,1H3,(H,33,35)/b20-19+. The zero-order valence-electron chi connectivity index (χ0n) is 21.7. The molecule has 1 heterocycles. The van der Waals surface area contributed by atoms with Crippen molar-refractivity contribution in [1.82, 2.24) is 10.4 Å². The van der Waals surface area contributed by atoms with Gasteiger partial charge in [0.25, 0.3) is 5.91 Å². The molecule has 2 N–H and O–H groups in total. The molecule has 4 aromatic rings. The molecular weight excluding hydrogens is 476 g/mol. The Morgan fingerprint density at radius 1 is 0.895 bits per heavy atom. The summed E-state index contributed by atoms with van der Waals surface area (Å²) in [5, 5.41) is 8.66. The Bertz CT molecular complexity index is 1300. The molecular formula is C32H34N2O4. The van der Waals surface area contributed by atoms with Gasteiger partial charge in [-0.15, -0.1) is 0 Å². The largest absolute Gasteiger partial charge is 0.494 e. The summed E-state index contributed by atoms with van der Waals surface area (Å²) < 4.78 is 11.8. The molecule has 0 aliphatic heterocycles. The fourth-order valence-corrected chi connectivity index (χ4v) is 4.15. The lowest BCUT2D eigenvalue weighted by atomic mass is 10.0. The highest BCUT2D eigenvalue weighted by Crippen LogP contribution is 2.21. The van der Waals surface area contributed by atoms with Crippen LogP contribution in [0.3, 0.4) is 0 Å². The monoisotopic (exact) mass is 510 g/mol. The Kier molecular flexibility index (Phi) is 9.90. The molecule has 3 aromatic carbocycles. The van der Waals surface area contributed by atoms with Gasteiger partial charge >= 0.3 is 0 Å². The van der Waals surface area contributed by atoms with E-state index in [4.69, 9.17) is 14.4 Å². The molecule has 4 rings (SSSR count). The number of carbonyl (C=O) groups excluding carboxylic acids is 1. The van der Waals surface area contributed by atoms with E-state index in [-0.39, 0.29) is 0 Å². The zero-order chi connectivity index (χ0) is 26.6. The molecule has 38 heavy (non-hydrogen) atoms. The zero-order valence-corrected chi connectivity index (χ0v) is 21.7. The van der Waals surface area contributed by atoms with Crippen molar-refractivity contribution in [3.8, 4) is 16.9 Å². The van der Waals surface area contributed by atoms with E-state index in [1.165, 1.54) is 34.4 Å². The molecule has 6 heteroatoms. The minimum atomic E-state index is -0.601. The number of nitrogens with one attached hydrogen (secondary N) is 1. The van der Waals surface area contributed by atoms with E-state index >= 15 is 0 Å². The second kappa shape index (κ2) is 14.0. The summed E-state index contributed by atoms with van der Waals surface area (Å²) in [5.74, 6) is 1.67. The van der Waals surface area contributed by atoms with Crippen molar-refractivity contribution in [2.45, 2.75) is 32.9 Å². The number of rotatable bonds is 13. The summed E-state index contributed by atoms with van der Waals surface area (Å²) in [5.41, 5.74) is 6.43. The fourth-order valence-electron chi connectivity index (χ4n) is 4.15.